The van der Waals surface area contributed by atoms with E-state index >= 15 is 0 Å². The normalized spacial score (nSPS) is 24.1. The number of nitrogen functional groups attached to an aromatic ring is 1. The first-order chi connectivity index (χ1) is 8.50. The van der Waals surface area contributed by atoms with E-state index in [0.717, 1.165) is 18.5 Å². The maximum Gasteiger partial charge on any atom is 0.257 e. The Morgan fingerprint density at radius 1 is 1.39 bits per heavy atom. The van der Waals surface area contributed by atoms with Crippen LogP contribution >= 0.6 is 0 Å². The molecule has 0 radical (unpaired) electrons. The number of carbonyl (C=O) groups is 1. The first-order valence-electron chi connectivity index (χ1n) is 6.55. The van der Waals surface area contributed by atoms with E-state index in [2.05, 4.69) is 18.8 Å². The number of anilines is 1. The van der Waals surface area contributed by atoms with Crippen molar-refractivity contribution in [2.75, 3.05) is 5.73 Å². The van der Waals surface area contributed by atoms with Crippen molar-refractivity contribution >= 4 is 11.6 Å². The van der Waals surface area contributed by atoms with Crippen LogP contribution in [-0.4, -0.2) is 27.9 Å². The molecule has 0 aliphatic carbocycles. The Balaban J connectivity index is 2.29. The van der Waals surface area contributed by atoms with Crippen molar-refractivity contribution in [1.29, 1.82) is 0 Å². The van der Waals surface area contributed by atoms with Crippen LogP contribution in [0.4, 0.5) is 5.69 Å². The van der Waals surface area contributed by atoms with Gasteiger partial charge in [0.15, 0.2) is 0 Å². The number of aryl methyl sites for hydroxylation is 1. The fourth-order valence-electron chi connectivity index (χ4n) is 2.72. The summed E-state index contributed by atoms with van der Waals surface area (Å²) in [7, 11) is 0. The van der Waals surface area contributed by atoms with Gasteiger partial charge in [-0.15, -0.1) is 0 Å². The molecule has 1 aromatic heterocycles. The maximum absolute atomic E-state index is 12.6. The predicted molar refractivity (Wildman–Crippen MR) is 72.3 cm³/mol. The fraction of sp³-hybridized carbons (Fsp3) is 0.571. The smallest absolute Gasteiger partial charge is 0.257 e. The number of likely N-dealkylation sites (tertiary alicyclic amines) is 1. The molecule has 1 saturated heterocycles. The van der Waals surface area contributed by atoms with Crippen molar-refractivity contribution in [1.82, 2.24) is 9.88 Å². The molecule has 2 atom stereocenters. The average molecular weight is 247 g/mol. The van der Waals surface area contributed by atoms with E-state index in [9.17, 15) is 4.79 Å². The second-order valence-corrected chi connectivity index (χ2v) is 5.25. The number of hydrogen-bond acceptors (Lipinski definition) is 3. The van der Waals surface area contributed by atoms with Gasteiger partial charge in [0.2, 0.25) is 0 Å². The zero-order valence-electron chi connectivity index (χ0n) is 11.3. The van der Waals surface area contributed by atoms with Gasteiger partial charge in [0.05, 0.1) is 5.56 Å². The van der Waals surface area contributed by atoms with E-state index in [1.807, 2.05) is 11.8 Å². The Morgan fingerprint density at radius 3 is 2.56 bits per heavy atom. The number of amides is 1. The van der Waals surface area contributed by atoms with Crippen molar-refractivity contribution < 1.29 is 4.79 Å². The molecule has 1 aromatic rings. The Kier molecular flexibility index (Phi) is 3.55. The van der Waals surface area contributed by atoms with Crippen LogP contribution in [0, 0.1) is 6.92 Å². The number of aromatic nitrogens is 1. The second-order valence-electron chi connectivity index (χ2n) is 5.25. The lowest BCUT2D eigenvalue weighted by Crippen LogP contribution is -2.47. The minimum absolute atomic E-state index is 0.0136. The van der Waals surface area contributed by atoms with Crippen LogP contribution in [0.1, 0.15) is 49.2 Å². The zero-order chi connectivity index (χ0) is 13.3. The molecule has 18 heavy (non-hydrogen) atoms. The van der Waals surface area contributed by atoms with E-state index < -0.39 is 0 Å². The highest BCUT2D eigenvalue weighted by Crippen LogP contribution is 2.26. The van der Waals surface area contributed by atoms with E-state index in [4.69, 9.17) is 5.73 Å². The van der Waals surface area contributed by atoms with Gasteiger partial charge in [-0.3, -0.25) is 9.78 Å². The molecule has 1 aliphatic rings. The van der Waals surface area contributed by atoms with E-state index in [1.165, 1.54) is 6.42 Å². The van der Waals surface area contributed by atoms with Gasteiger partial charge >= 0.3 is 0 Å². The van der Waals surface area contributed by atoms with E-state index in [1.54, 1.807) is 12.3 Å². The molecule has 1 fully saturated rings. The first kappa shape index (κ1) is 12.9. The summed E-state index contributed by atoms with van der Waals surface area (Å²) in [6.45, 7) is 6.08. The molecule has 0 bridgehead atoms. The molecule has 4 nitrogen and oxygen atoms in total. The number of rotatable bonds is 1. The largest absolute Gasteiger partial charge is 0.398 e. The van der Waals surface area contributed by atoms with E-state index in [0.29, 0.717) is 11.3 Å². The SMILES string of the molecule is Cc1cc(N)c(C(=O)N2C(C)CCCC2C)cn1. The molecule has 2 heterocycles. The van der Waals surface area contributed by atoms with Gasteiger partial charge in [-0.2, -0.15) is 0 Å². The van der Waals surface area contributed by atoms with E-state index in [-0.39, 0.29) is 18.0 Å². The van der Waals surface area contributed by atoms with Crippen molar-refractivity contribution in [2.45, 2.75) is 52.1 Å². The number of piperidine rings is 1. The van der Waals surface area contributed by atoms with Crippen LogP contribution in [0.2, 0.25) is 0 Å². The molecule has 0 aromatic carbocycles. The van der Waals surface area contributed by atoms with Crippen molar-refractivity contribution in [3.63, 3.8) is 0 Å². The summed E-state index contributed by atoms with van der Waals surface area (Å²) < 4.78 is 0. The molecule has 98 valence electrons. The molecule has 4 heteroatoms. The van der Waals surface area contributed by atoms with Gasteiger partial charge < -0.3 is 10.6 Å². The summed E-state index contributed by atoms with van der Waals surface area (Å²) in [6, 6.07) is 2.32. The van der Waals surface area contributed by atoms with Crippen LogP contribution in [0.3, 0.4) is 0 Å². The van der Waals surface area contributed by atoms with Gasteiger partial charge in [-0.05, 0) is 46.1 Å². The minimum atomic E-state index is 0.0136. The molecule has 1 amide bonds. The standard InChI is InChI=1S/C14H21N3O/c1-9-7-13(15)12(8-16-9)14(18)17-10(2)5-4-6-11(17)3/h7-8,10-11H,4-6H2,1-3H3,(H2,15,16). The minimum Gasteiger partial charge on any atom is -0.398 e. The zero-order valence-corrected chi connectivity index (χ0v) is 11.3. The van der Waals surface area contributed by atoms with Crippen LogP contribution < -0.4 is 5.73 Å². The monoisotopic (exact) mass is 247 g/mol. The van der Waals surface area contributed by atoms with Gasteiger partial charge in [0, 0.05) is 29.7 Å². The molecule has 2 N–H and O–H groups in total. The van der Waals surface area contributed by atoms with Crippen LogP contribution in [0.5, 0.6) is 0 Å². The highest BCUT2D eigenvalue weighted by atomic mass is 16.2. The summed E-state index contributed by atoms with van der Waals surface area (Å²) in [4.78, 5) is 18.7. The Labute approximate surface area is 108 Å². The molecule has 0 spiro atoms. The topological polar surface area (TPSA) is 59.2 Å². The molecule has 2 rings (SSSR count). The predicted octanol–water partition coefficient (Wildman–Crippen LogP) is 2.38. The summed E-state index contributed by atoms with van der Waals surface area (Å²) in [5.74, 6) is 0.0136. The summed E-state index contributed by atoms with van der Waals surface area (Å²) in [5, 5.41) is 0. The molecule has 2 unspecified atom stereocenters. The lowest BCUT2D eigenvalue weighted by molar-refractivity contribution is 0.0511. The molecular formula is C14H21N3O. The number of nitrogens with zero attached hydrogens (tertiary/aromatic N) is 2. The maximum atomic E-state index is 12.6. The molecule has 1 aliphatic heterocycles. The van der Waals surface area contributed by atoms with Gasteiger partial charge in [-0.1, -0.05) is 0 Å². The third-order valence-electron chi connectivity index (χ3n) is 3.73. The molecular weight excluding hydrogens is 226 g/mol. The summed E-state index contributed by atoms with van der Waals surface area (Å²) in [5.41, 5.74) is 7.82. The quantitative estimate of drug-likeness (QED) is 0.828. The highest BCUT2D eigenvalue weighted by Gasteiger charge is 2.30. The van der Waals surface area contributed by atoms with Crippen LogP contribution in [0.25, 0.3) is 0 Å². The Bertz CT molecular complexity index is 448. The fourth-order valence-corrected chi connectivity index (χ4v) is 2.72. The number of hydrogen-bond donors (Lipinski definition) is 1. The van der Waals surface area contributed by atoms with Gasteiger partial charge in [-0.25, -0.2) is 0 Å². The van der Waals surface area contributed by atoms with Crippen molar-refractivity contribution in [3.8, 4) is 0 Å². The lowest BCUT2D eigenvalue weighted by Gasteiger charge is -2.39. The summed E-state index contributed by atoms with van der Waals surface area (Å²) in [6.07, 6.45) is 4.92. The average Bonchev–Trinajstić information content (AvgIpc) is 2.28. The number of carbonyl (C=O) groups excluding carboxylic acids is 1. The Hall–Kier alpha value is -1.58. The Morgan fingerprint density at radius 2 is 2.00 bits per heavy atom. The number of pyridine rings is 1. The summed E-state index contributed by atoms with van der Waals surface area (Å²) >= 11 is 0. The van der Waals surface area contributed by atoms with Gasteiger partial charge in [0.25, 0.3) is 5.91 Å². The van der Waals surface area contributed by atoms with Crippen molar-refractivity contribution in [2.24, 2.45) is 0 Å². The third kappa shape index (κ3) is 2.33. The first-order valence-corrected chi connectivity index (χ1v) is 6.55. The van der Waals surface area contributed by atoms with Crippen LogP contribution in [0.15, 0.2) is 12.3 Å². The lowest BCUT2D eigenvalue weighted by atomic mass is 9.96. The molecule has 0 saturated carbocycles. The van der Waals surface area contributed by atoms with Crippen LogP contribution in [-0.2, 0) is 0 Å². The van der Waals surface area contributed by atoms with Crippen molar-refractivity contribution in [3.05, 3.63) is 23.5 Å². The number of nitrogens with two attached hydrogens (primary N) is 1. The second kappa shape index (κ2) is 4.96. The van der Waals surface area contributed by atoms with Gasteiger partial charge in [0.1, 0.15) is 0 Å². The highest BCUT2D eigenvalue weighted by molar-refractivity contribution is 5.99. The third-order valence-corrected chi connectivity index (χ3v) is 3.73.